The van der Waals surface area contributed by atoms with Crippen LogP contribution in [0.1, 0.15) is 6.92 Å². The summed E-state index contributed by atoms with van der Waals surface area (Å²) in [7, 11) is 0. The van der Waals surface area contributed by atoms with Gasteiger partial charge in [0.25, 0.3) is 0 Å². The first-order valence-electron chi connectivity index (χ1n) is 9.11. The lowest BCUT2D eigenvalue weighted by Crippen LogP contribution is -2.16. The van der Waals surface area contributed by atoms with Gasteiger partial charge in [-0.1, -0.05) is 29.8 Å². The molecule has 0 radical (unpaired) electrons. The molecule has 9 heteroatoms. The first-order chi connectivity index (χ1) is 14.4. The van der Waals surface area contributed by atoms with Crippen LogP contribution in [0.3, 0.4) is 0 Å². The molecule has 0 saturated heterocycles. The Balaban J connectivity index is 1.82. The molecule has 6 nitrogen and oxygen atoms in total. The number of halogens is 3. The number of nitrogens with zero attached hydrogens (tertiary/aromatic N) is 2. The number of aromatic nitrogens is 3. The molecule has 0 spiro atoms. The number of nitrogens with one attached hydrogen (secondary N) is 2. The maximum atomic E-state index is 14.0. The van der Waals surface area contributed by atoms with Gasteiger partial charge in [-0.15, -0.1) is 0 Å². The number of aromatic amines is 1. The predicted molar refractivity (Wildman–Crippen MR) is 111 cm³/mol. The van der Waals surface area contributed by atoms with Crippen molar-refractivity contribution in [2.75, 3.05) is 11.9 Å². The highest BCUT2D eigenvalue weighted by Crippen LogP contribution is 2.37. The van der Waals surface area contributed by atoms with Gasteiger partial charge in [-0.25, -0.2) is 8.78 Å². The summed E-state index contributed by atoms with van der Waals surface area (Å²) in [4.78, 5) is 4.41. The van der Waals surface area contributed by atoms with Crippen LogP contribution in [-0.4, -0.2) is 32.9 Å². The molecule has 0 bridgehead atoms. The smallest absolute Gasteiger partial charge is 0.223 e. The standard InChI is InChI=1S/C21H17ClF2N4O2/c1-11(29)10-25-21-19-16(27-28-20(19)13-4-2-3-5-14(13)22)9-18(26-21)30-17-7-6-12(23)8-15(17)24/h2-9,11,29H,10H2,1H3,(H,25,26)(H,27,28)/t11-/m0/s1. The van der Waals surface area contributed by atoms with E-state index in [1.807, 2.05) is 18.2 Å². The van der Waals surface area contributed by atoms with Crippen LogP contribution in [-0.2, 0) is 0 Å². The summed E-state index contributed by atoms with van der Waals surface area (Å²) in [6, 6.07) is 11.8. The van der Waals surface area contributed by atoms with Crippen LogP contribution in [0, 0.1) is 11.6 Å². The van der Waals surface area contributed by atoms with Crippen molar-refractivity contribution >= 4 is 28.3 Å². The lowest BCUT2D eigenvalue weighted by atomic mass is 10.1. The second-order valence-electron chi connectivity index (χ2n) is 6.69. The molecule has 4 rings (SSSR count). The molecule has 0 fully saturated rings. The van der Waals surface area contributed by atoms with Gasteiger partial charge in [0.2, 0.25) is 5.88 Å². The van der Waals surface area contributed by atoms with Crippen LogP contribution in [0.4, 0.5) is 14.6 Å². The third kappa shape index (κ3) is 4.05. The van der Waals surface area contributed by atoms with Gasteiger partial charge in [0, 0.05) is 24.2 Å². The Kier molecular flexibility index (Phi) is 5.52. The van der Waals surface area contributed by atoms with Crippen molar-refractivity contribution in [3.63, 3.8) is 0 Å². The molecule has 0 amide bonds. The summed E-state index contributed by atoms with van der Waals surface area (Å²) >= 11 is 6.33. The highest BCUT2D eigenvalue weighted by Gasteiger charge is 2.19. The number of benzene rings is 2. The number of ether oxygens (including phenoxy) is 1. The number of pyridine rings is 1. The molecule has 0 unspecified atom stereocenters. The molecule has 0 aliphatic rings. The molecule has 4 aromatic rings. The molecule has 2 aromatic heterocycles. The Morgan fingerprint density at radius 1 is 1.20 bits per heavy atom. The van der Waals surface area contributed by atoms with Gasteiger partial charge in [-0.3, -0.25) is 5.10 Å². The number of fused-ring (bicyclic) bond motifs is 1. The van der Waals surface area contributed by atoms with Crippen molar-refractivity contribution in [1.29, 1.82) is 0 Å². The zero-order chi connectivity index (χ0) is 21.3. The Labute approximate surface area is 175 Å². The van der Waals surface area contributed by atoms with Crippen molar-refractivity contribution in [3.8, 4) is 22.9 Å². The third-order valence-corrected chi connectivity index (χ3v) is 4.65. The first-order valence-corrected chi connectivity index (χ1v) is 9.49. The molecule has 2 heterocycles. The SMILES string of the molecule is C[C@H](O)CNc1nc(Oc2ccc(F)cc2F)cc2[nH]nc(-c3ccccc3Cl)c12. The van der Waals surface area contributed by atoms with Gasteiger partial charge in [0.15, 0.2) is 11.6 Å². The van der Waals surface area contributed by atoms with Crippen LogP contribution in [0.5, 0.6) is 11.6 Å². The zero-order valence-electron chi connectivity index (χ0n) is 15.8. The van der Waals surface area contributed by atoms with Gasteiger partial charge >= 0.3 is 0 Å². The lowest BCUT2D eigenvalue weighted by molar-refractivity contribution is 0.208. The van der Waals surface area contributed by atoms with Crippen molar-refractivity contribution < 1.29 is 18.6 Å². The fraction of sp³-hybridized carbons (Fsp3) is 0.143. The van der Waals surface area contributed by atoms with Gasteiger partial charge in [0.05, 0.1) is 22.0 Å². The van der Waals surface area contributed by atoms with E-state index >= 15 is 0 Å². The van der Waals surface area contributed by atoms with E-state index in [-0.39, 0.29) is 18.2 Å². The Hall–Kier alpha value is -3.23. The Morgan fingerprint density at radius 2 is 2.00 bits per heavy atom. The molecular formula is C21H17ClF2N4O2. The van der Waals surface area contributed by atoms with Gasteiger partial charge in [-0.2, -0.15) is 10.1 Å². The topological polar surface area (TPSA) is 83.1 Å². The lowest BCUT2D eigenvalue weighted by Gasteiger charge is -2.12. The van der Waals surface area contributed by atoms with Crippen molar-refractivity contribution in [2.45, 2.75) is 13.0 Å². The molecule has 0 aliphatic heterocycles. The monoisotopic (exact) mass is 430 g/mol. The average molecular weight is 431 g/mol. The van der Waals surface area contributed by atoms with E-state index in [2.05, 4.69) is 20.5 Å². The minimum Gasteiger partial charge on any atom is -0.436 e. The Bertz CT molecular complexity index is 1210. The quantitative estimate of drug-likeness (QED) is 0.394. The van der Waals surface area contributed by atoms with Crippen LogP contribution < -0.4 is 10.1 Å². The second-order valence-corrected chi connectivity index (χ2v) is 7.10. The van der Waals surface area contributed by atoms with Gasteiger partial charge in [0.1, 0.15) is 17.3 Å². The fourth-order valence-corrected chi connectivity index (χ4v) is 3.19. The summed E-state index contributed by atoms with van der Waals surface area (Å²) in [5.41, 5.74) is 1.83. The van der Waals surface area contributed by atoms with Crippen molar-refractivity contribution in [1.82, 2.24) is 15.2 Å². The summed E-state index contributed by atoms with van der Waals surface area (Å²) < 4.78 is 32.7. The summed E-state index contributed by atoms with van der Waals surface area (Å²) in [6.45, 7) is 1.84. The van der Waals surface area contributed by atoms with E-state index in [1.165, 1.54) is 6.07 Å². The highest BCUT2D eigenvalue weighted by molar-refractivity contribution is 6.33. The minimum absolute atomic E-state index is 0.0652. The van der Waals surface area contributed by atoms with E-state index in [0.29, 0.717) is 33.0 Å². The van der Waals surface area contributed by atoms with Gasteiger partial charge < -0.3 is 15.2 Å². The number of rotatable bonds is 6. The second kappa shape index (κ2) is 8.25. The van der Waals surface area contributed by atoms with E-state index in [0.717, 1.165) is 12.1 Å². The van der Waals surface area contributed by atoms with Crippen LogP contribution in [0.25, 0.3) is 22.2 Å². The van der Waals surface area contributed by atoms with Crippen molar-refractivity contribution in [3.05, 3.63) is 65.2 Å². The van der Waals surface area contributed by atoms with Crippen LogP contribution in [0.15, 0.2) is 48.5 Å². The van der Waals surface area contributed by atoms with E-state index in [1.54, 1.807) is 19.1 Å². The number of aliphatic hydroxyl groups is 1. The molecule has 30 heavy (non-hydrogen) atoms. The van der Waals surface area contributed by atoms with Crippen LogP contribution in [0.2, 0.25) is 5.02 Å². The fourth-order valence-electron chi connectivity index (χ4n) is 2.96. The number of aliphatic hydroxyl groups excluding tert-OH is 1. The molecule has 154 valence electrons. The number of H-pyrrole nitrogens is 1. The molecule has 3 N–H and O–H groups in total. The largest absolute Gasteiger partial charge is 0.436 e. The number of anilines is 1. The normalized spacial score (nSPS) is 12.2. The molecule has 0 aliphatic carbocycles. The number of hydrogen-bond acceptors (Lipinski definition) is 5. The van der Waals surface area contributed by atoms with E-state index in [4.69, 9.17) is 16.3 Å². The van der Waals surface area contributed by atoms with E-state index in [9.17, 15) is 13.9 Å². The average Bonchev–Trinajstić information content (AvgIpc) is 3.12. The molecule has 0 saturated carbocycles. The summed E-state index contributed by atoms with van der Waals surface area (Å²) in [6.07, 6.45) is -0.642. The van der Waals surface area contributed by atoms with Gasteiger partial charge in [-0.05, 0) is 25.1 Å². The van der Waals surface area contributed by atoms with Crippen molar-refractivity contribution in [2.24, 2.45) is 0 Å². The van der Waals surface area contributed by atoms with E-state index < -0.39 is 17.7 Å². The first kappa shape index (κ1) is 20.1. The molecule has 1 atom stereocenters. The maximum absolute atomic E-state index is 14.0. The number of hydrogen-bond donors (Lipinski definition) is 3. The highest BCUT2D eigenvalue weighted by atomic mass is 35.5. The minimum atomic E-state index is -0.850. The maximum Gasteiger partial charge on any atom is 0.223 e. The summed E-state index contributed by atoms with van der Waals surface area (Å²) in [5, 5.41) is 21.2. The predicted octanol–water partition coefficient (Wildman–Crippen LogP) is 5.14. The Morgan fingerprint density at radius 3 is 2.73 bits per heavy atom. The summed E-state index contributed by atoms with van der Waals surface area (Å²) in [5.74, 6) is -1.29. The van der Waals surface area contributed by atoms with Crippen LogP contribution >= 0.6 is 11.6 Å². The molecule has 2 aromatic carbocycles. The third-order valence-electron chi connectivity index (χ3n) is 4.32. The molecular weight excluding hydrogens is 414 g/mol. The zero-order valence-corrected chi connectivity index (χ0v) is 16.5.